The van der Waals surface area contributed by atoms with E-state index in [9.17, 15) is 13.6 Å². The highest BCUT2D eigenvalue weighted by molar-refractivity contribution is 6.06. The quantitative estimate of drug-likeness (QED) is 0.350. The van der Waals surface area contributed by atoms with E-state index >= 15 is 0 Å². The highest BCUT2D eigenvalue weighted by Crippen LogP contribution is 2.30. The molecule has 0 bridgehead atoms. The first kappa shape index (κ1) is 22.2. The van der Waals surface area contributed by atoms with Crippen molar-refractivity contribution >= 4 is 39.2 Å². The molecule has 6 rings (SSSR count). The number of aromatic amines is 2. The van der Waals surface area contributed by atoms with Gasteiger partial charge in [-0.2, -0.15) is 5.10 Å². The number of piperazine rings is 1. The van der Waals surface area contributed by atoms with Crippen LogP contribution in [0.25, 0.3) is 33.5 Å². The molecule has 0 unspecified atom stereocenters. The van der Waals surface area contributed by atoms with Gasteiger partial charge >= 0.3 is 0 Å². The van der Waals surface area contributed by atoms with Crippen molar-refractivity contribution < 1.29 is 13.6 Å². The normalized spacial score (nSPS) is 14.6. The number of nitrogens with zero attached hydrogens (tertiary/aromatic N) is 4. The van der Waals surface area contributed by atoms with Crippen LogP contribution in [0.15, 0.2) is 54.6 Å². The fraction of sp³-hybridized carbons (Fsp3) is 0.192. The number of aromatic nitrogens is 4. The molecule has 3 aromatic carbocycles. The SMILES string of the molecule is CN1CCN(c2ccc3nc(-c4n[nH]c5ccc(NC(=O)c6ccc(F)cc6F)cc45)[nH]c3c2)CC1. The number of rotatable bonds is 4. The number of likely N-dealkylation sites (N-methyl/N-ethyl adjacent to an activating group) is 1. The van der Waals surface area contributed by atoms with Gasteiger partial charge in [0.15, 0.2) is 5.82 Å². The largest absolute Gasteiger partial charge is 0.369 e. The third-order valence-corrected chi connectivity index (χ3v) is 6.55. The Morgan fingerprint density at radius 3 is 2.61 bits per heavy atom. The molecule has 8 nitrogen and oxygen atoms in total. The average Bonchev–Trinajstić information content (AvgIpc) is 3.47. The molecule has 1 aliphatic rings. The molecule has 1 saturated heterocycles. The highest BCUT2D eigenvalue weighted by Gasteiger charge is 2.18. The van der Waals surface area contributed by atoms with E-state index in [1.54, 1.807) is 18.2 Å². The number of amides is 1. The molecule has 36 heavy (non-hydrogen) atoms. The van der Waals surface area contributed by atoms with Crippen LogP contribution >= 0.6 is 0 Å². The first-order chi connectivity index (χ1) is 17.4. The second kappa shape index (κ2) is 8.72. The van der Waals surface area contributed by atoms with Gasteiger partial charge in [-0.25, -0.2) is 13.8 Å². The number of halogens is 2. The Morgan fingerprint density at radius 2 is 1.81 bits per heavy atom. The van der Waals surface area contributed by atoms with Gasteiger partial charge in [-0.3, -0.25) is 9.89 Å². The molecule has 1 fully saturated rings. The van der Waals surface area contributed by atoms with Crippen LogP contribution in [0.1, 0.15) is 10.4 Å². The number of carbonyl (C=O) groups is 1. The molecule has 2 aromatic heterocycles. The minimum atomic E-state index is -0.921. The molecule has 5 aromatic rings. The molecule has 1 aliphatic heterocycles. The lowest BCUT2D eigenvalue weighted by Crippen LogP contribution is -2.44. The zero-order valence-electron chi connectivity index (χ0n) is 19.5. The molecule has 0 spiro atoms. The number of fused-ring (bicyclic) bond motifs is 2. The van der Waals surface area contributed by atoms with E-state index in [0.717, 1.165) is 65.9 Å². The summed E-state index contributed by atoms with van der Waals surface area (Å²) in [7, 11) is 2.13. The van der Waals surface area contributed by atoms with Gasteiger partial charge in [-0.05, 0) is 55.6 Å². The number of hydrogen-bond acceptors (Lipinski definition) is 5. The summed E-state index contributed by atoms with van der Waals surface area (Å²) in [5, 5.41) is 10.8. The Bertz CT molecular complexity index is 1600. The maximum absolute atomic E-state index is 14.0. The molecule has 3 N–H and O–H groups in total. The molecule has 1 amide bonds. The van der Waals surface area contributed by atoms with Gasteiger partial charge in [0.25, 0.3) is 5.91 Å². The predicted molar refractivity (Wildman–Crippen MR) is 135 cm³/mol. The van der Waals surface area contributed by atoms with Gasteiger partial charge in [-0.1, -0.05) is 0 Å². The standard InChI is InChI=1S/C26H23F2N7O/c1-34-8-10-35(11-9-34)17-4-7-22-23(14-17)31-25(30-22)24-19-13-16(3-6-21(19)32-33-24)29-26(36)18-5-2-15(27)12-20(18)28/h2-7,12-14H,8-11H2,1H3,(H,29,36)(H,30,31)(H,32,33). The highest BCUT2D eigenvalue weighted by atomic mass is 19.1. The molecule has 0 radical (unpaired) electrons. The topological polar surface area (TPSA) is 92.9 Å². The Balaban J connectivity index is 1.30. The van der Waals surface area contributed by atoms with Crippen molar-refractivity contribution in [1.82, 2.24) is 25.1 Å². The number of imidazole rings is 1. The predicted octanol–water partition coefficient (Wildman–Crippen LogP) is 4.39. The lowest BCUT2D eigenvalue weighted by Gasteiger charge is -2.34. The van der Waals surface area contributed by atoms with Crippen LogP contribution in [0.3, 0.4) is 0 Å². The molecule has 3 heterocycles. The summed E-state index contributed by atoms with van der Waals surface area (Å²) >= 11 is 0. The van der Waals surface area contributed by atoms with Gasteiger partial charge in [0.1, 0.15) is 17.3 Å². The second-order valence-electron chi connectivity index (χ2n) is 8.99. The van der Waals surface area contributed by atoms with E-state index in [2.05, 4.69) is 49.5 Å². The van der Waals surface area contributed by atoms with Gasteiger partial charge in [0, 0.05) is 49.0 Å². The van der Waals surface area contributed by atoms with Crippen molar-refractivity contribution in [2.24, 2.45) is 0 Å². The van der Waals surface area contributed by atoms with Gasteiger partial charge in [-0.15, -0.1) is 0 Å². The molecular weight excluding hydrogens is 464 g/mol. The molecule has 182 valence electrons. The number of H-pyrrole nitrogens is 2. The zero-order valence-corrected chi connectivity index (χ0v) is 19.5. The first-order valence-electron chi connectivity index (χ1n) is 11.6. The fourth-order valence-electron chi connectivity index (χ4n) is 4.52. The van der Waals surface area contributed by atoms with Crippen LogP contribution < -0.4 is 10.2 Å². The lowest BCUT2D eigenvalue weighted by molar-refractivity contribution is 0.102. The van der Waals surface area contributed by atoms with Gasteiger partial charge < -0.3 is 20.1 Å². The van der Waals surface area contributed by atoms with Crippen LogP contribution in [0.5, 0.6) is 0 Å². The zero-order chi connectivity index (χ0) is 24.8. The molecule has 0 aliphatic carbocycles. The van der Waals surface area contributed by atoms with Gasteiger partial charge in [0.05, 0.1) is 22.1 Å². The second-order valence-corrected chi connectivity index (χ2v) is 8.99. The number of carbonyl (C=O) groups excluding carboxylic acids is 1. The lowest BCUT2D eigenvalue weighted by atomic mass is 10.1. The summed E-state index contributed by atoms with van der Waals surface area (Å²) in [6.07, 6.45) is 0. The first-order valence-corrected chi connectivity index (χ1v) is 11.6. The monoisotopic (exact) mass is 487 g/mol. The van der Waals surface area contributed by atoms with Crippen molar-refractivity contribution in [1.29, 1.82) is 0 Å². The maximum Gasteiger partial charge on any atom is 0.258 e. The Hall–Kier alpha value is -4.31. The smallest absolute Gasteiger partial charge is 0.258 e. The molecule has 0 saturated carbocycles. The number of anilines is 2. The molecule has 0 atom stereocenters. The van der Waals surface area contributed by atoms with E-state index < -0.39 is 17.5 Å². The Labute approximate surface area is 204 Å². The van der Waals surface area contributed by atoms with E-state index in [0.29, 0.717) is 23.3 Å². The summed E-state index contributed by atoms with van der Waals surface area (Å²) in [6, 6.07) is 14.2. The summed E-state index contributed by atoms with van der Waals surface area (Å²) < 4.78 is 27.2. The fourth-order valence-corrected chi connectivity index (χ4v) is 4.52. The van der Waals surface area contributed by atoms with Crippen LogP contribution in [0.4, 0.5) is 20.2 Å². The van der Waals surface area contributed by atoms with Crippen molar-refractivity contribution in [3.8, 4) is 11.5 Å². The third-order valence-electron chi connectivity index (χ3n) is 6.55. The van der Waals surface area contributed by atoms with Gasteiger partial charge in [0.2, 0.25) is 0 Å². The Kier molecular flexibility index (Phi) is 5.37. The van der Waals surface area contributed by atoms with Crippen molar-refractivity contribution in [2.75, 3.05) is 43.4 Å². The third kappa shape index (κ3) is 4.05. The summed E-state index contributed by atoms with van der Waals surface area (Å²) in [4.78, 5) is 25.3. The average molecular weight is 488 g/mol. The van der Waals surface area contributed by atoms with E-state index in [-0.39, 0.29) is 5.56 Å². The summed E-state index contributed by atoms with van der Waals surface area (Å²) in [5.41, 5.74) is 4.46. The van der Waals surface area contributed by atoms with Crippen molar-refractivity contribution in [2.45, 2.75) is 0 Å². The summed E-state index contributed by atoms with van der Waals surface area (Å²) in [6.45, 7) is 4.00. The maximum atomic E-state index is 14.0. The van der Waals surface area contributed by atoms with E-state index in [4.69, 9.17) is 4.98 Å². The van der Waals surface area contributed by atoms with E-state index in [1.165, 1.54) is 0 Å². The number of hydrogen-bond donors (Lipinski definition) is 3. The van der Waals surface area contributed by atoms with Crippen molar-refractivity contribution in [3.05, 3.63) is 71.8 Å². The minimum Gasteiger partial charge on any atom is -0.369 e. The number of benzene rings is 3. The van der Waals surface area contributed by atoms with Crippen LogP contribution in [-0.4, -0.2) is 64.2 Å². The van der Waals surface area contributed by atoms with Crippen LogP contribution in [0, 0.1) is 11.6 Å². The van der Waals surface area contributed by atoms with Crippen LogP contribution in [0.2, 0.25) is 0 Å². The minimum absolute atomic E-state index is 0.239. The molecule has 10 heteroatoms. The van der Waals surface area contributed by atoms with Crippen molar-refractivity contribution in [3.63, 3.8) is 0 Å². The van der Waals surface area contributed by atoms with Crippen LogP contribution in [-0.2, 0) is 0 Å². The molecular formula is C26H23F2N7O. The summed E-state index contributed by atoms with van der Waals surface area (Å²) in [5.74, 6) is -1.73. The Morgan fingerprint density at radius 1 is 0.972 bits per heavy atom. The number of nitrogens with one attached hydrogen (secondary N) is 3. The van der Waals surface area contributed by atoms with E-state index in [1.807, 2.05) is 6.07 Å².